The Balaban J connectivity index is 1.62. The van der Waals surface area contributed by atoms with Crippen LogP contribution in [0.2, 0.25) is 0 Å². The molecule has 1 unspecified atom stereocenters. The summed E-state index contributed by atoms with van der Waals surface area (Å²) >= 11 is 0. The molecule has 3 rings (SSSR count). The van der Waals surface area contributed by atoms with E-state index in [1.807, 2.05) is 36.4 Å². The Bertz CT molecular complexity index is 977. The van der Waals surface area contributed by atoms with Crippen LogP contribution in [0.4, 0.5) is 0 Å². The first kappa shape index (κ1) is 18.4. The molecule has 0 saturated carbocycles. The fourth-order valence-corrected chi connectivity index (χ4v) is 4.27. The van der Waals surface area contributed by atoms with Gasteiger partial charge in [0, 0.05) is 22.8 Å². The van der Waals surface area contributed by atoms with E-state index < -0.39 is 20.8 Å². The summed E-state index contributed by atoms with van der Waals surface area (Å²) < 4.78 is 39.2. The molecule has 0 aliphatic rings. The van der Waals surface area contributed by atoms with Crippen LogP contribution < -0.4 is 4.72 Å². The quantitative estimate of drug-likeness (QED) is 0.671. The predicted octanol–water partition coefficient (Wildman–Crippen LogP) is 2.23. The normalized spacial score (nSPS) is 12.6. The topological polar surface area (TPSA) is 89.0 Å². The molecule has 0 amide bonds. The smallest absolute Gasteiger partial charge is 0.243 e. The van der Waals surface area contributed by atoms with Crippen molar-refractivity contribution >= 4 is 20.8 Å². The van der Waals surface area contributed by atoms with Crippen LogP contribution in [0.3, 0.4) is 0 Å². The van der Waals surface area contributed by atoms with Crippen LogP contribution in [0.1, 0.15) is 0 Å². The maximum Gasteiger partial charge on any atom is 0.243 e. The number of rotatable bonds is 7. The fraction of sp³-hybridized carbons (Fsp3) is 0.111. The Kier molecular flexibility index (Phi) is 5.87. The lowest BCUT2D eigenvalue weighted by Gasteiger charge is -2.07. The molecule has 1 aromatic heterocycles. The van der Waals surface area contributed by atoms with Crippen molar-refractivity contribution in [1.29, 1.82) is 0 Å². The van der Waals surface area contributed by atoms with Crippen molar-refractivity contribution in [2.75, 3.05) is 12.3 Å². The van der Waals surface area contributed by atoms with Crippen molar-refractivity contribution in [3.8, 4) is 11.4 Å². The number of benzene rings is 2. The first-order chi connectivity index (χ1) is 12.6. The molecule has 6 nitrogen and oxygen atoms in total. The summed E-state index contributed by atoms with van der Waals surface area (Å²) in [6.07, 6.45) is 2.54. The van der Waals surface area contributed by atoms with Crippen LogP contribution >= 0.6 is 0 Å². The fourth-order valence-electron chi connectivity index (χ4n) is 2.23. The highest BCUT2D eigenvalue weighted by Crippen LogP contribution is 2.15. The van der Waals surface area contributed by atoms with E-state index in [4.69, 9.17) is 0 Å². The van der Waals surface area contributed by atoms with Gasteiger partial charge in [0.1, 0.15) is 4.90 Å². The molecular weight excluding hydrogens is 370 g/mol. The summed E-state index contributed by atoms with van der Waals surface area (Å²) in [5.41, 5.74) is 0.808. The van der Waals surface area contributed by atoms with E-state index in [1.54, 1.807) is 24.3 Å². The van der Waals surface area contributed by atoms with E-state index in [2.05, 4.69) is 14.7 Å². The molecule has 1 N–H and O–H groups in total. The number of nitrogens with one attached hydrogen (secondary N) is 1. The van der Waals surface area contributed by atoms with Gasteiger partial charge in [-0.15, -0.1) is 0 Å². The minimum absolute atomic E-state index is 0.0253. The lowest BCUT2D eigenvalue weighted by molar-refractivity contribution is 0.583. The van der Waals surface area contributed by atoms with Gasteiger partial charge in [0.2, 0.25) is 10.0 Å². The monoisotopic (exact) mass is 387 g/mol. The molecule has 1 heterocycles. The van der Waals surface area contributed by atoms with Gasteiger partial charge >= 0.3 is 0 Å². The molecular formula is C18H17N3O3S2. The standard InChI is InChI=1S/C18H17N3O3S2/c22-25(16-9-5-2-6-10-16)12-11-21-26(23,24)17-13-19-18(20-14-17)15-7-3-1-4-8-15/h1-10,13-14,21H,11-12H2. The van der Waals surface area contributed by atoms with Gasteiger partial charge in [-0.1, -0.05) is 48.5 Å². The van der Waals surface area contributed by atoms with Crippen LogP contribution in [-0.4, -0.2) is 34.9 Å². The van der Waals surface area contributed by atoms with Crippen LogP contribution in [0.15, 0.2) is 82.8 Å². The van der Waals surface area contributed by atoms with Gasteiger partial charge in [0.15, 0.2) is 5.82 Å². The second-order valence-electron chi connectivity index (χ2n) is 5.37. The van der Waals surface area contributed by atoms with Crippen LogP contribution in [0, 0.1) is 0 Å². The Hall–Kier alpha value is -2.42. The molecule has 2 aromatic carbocycles. The molecule has 0 aliphatic carbocycles. The third-order valence-electron chi connectivity index (χ3n) is 3.56. The lowest BCUT2D eigenvalue weighted by Crippen LogP contribution is -2.28. The Morgan fingerprint density at radius 2 is 1.46 bits per heavy atom. The molecule has 134 valence electrons. The average Bonchev–Trinajstić information content (AvgIpc) is 2.69. The van der Waals surface area contributed by atoms with Gasteiger partial charge in [-0.3, -0.25) is 4.21 Å². The molecule has 0 bridgehead atoms. The molecule has 1 atom stereocenters. The molecule has 8 heteroatoms. The van der Waals surface area contributed by atoms with Crippen molar-refractivity contribution in [2.45, 2.75) is 9.79 Å². The highest BCUT2D eigenvalue weighted by molar-refractivity contribution is 7.89. The zero-order chi connectivity index (χ0) is 18.4. The molecule has 26 heavy (non-hydrogen) atoms. The van der Waals surface area contributed by atoms with E-state index in [0.717, 1.165) is 5.56 Å². The van der Waals surface area contributed by atoms with Crippen molar-refractivity contribution in [3.63, 3.8) is 0 Å². The lowest BCUT2D eigenvalue weighted by atomic mass is 10.2. The Morgan fingerprint density at radius 3 is 2.08 bits per heavy atom. The molecule has 0 radical (unpaired) electrons. The van der Waals surface area contributed by atoms with Gasteiger partial charge in [0.05, 0.1) is 23.2 Å². The third kappa shape index (κ3) is 4.60. The minimum atomic E-state index is -3.75. The van der Waals surface area contributed by atoms with Crippen molar-refractivity contribution in [3.05, 3.63) is 73.1 Å². The summed E-state index contributed by atoms with van der Waals surface area (Å²) in [5, 5.41) is 0. The van der Waals surface area contributed by atoms with Gasteiger partial charge in [-0.05, 0) is 12.1 Å². The first-order valence-electron chi connectivity index (χ1n) is 7.87. The summed E-state index contributed by atoms with van der Waals surface area (Å²) in [6, 6.07) is 18.2. The van der Waals surface area contributed by atoms with Gasteiger partial charge in [-0.2, -0.15) is 0 Å². The molecule has 0 spiro atoms. The first-order valence-corrected chi connectivity index (χ1v) is 10.7. The summed E-state index contributed by atoms with van der Waals surface area (Å²) in [7, 11) is -5.01. The molecule has 0 aliphatic heterocycles. The van der Waals surface area contributed by atoms with Gasteiger partial charge < -0.3 is 0 Å². The summed E-state index contributed by atoms with van der Waals surface area (Å²) in [4.78, 5) is 8.87. The van der Waals surface area contributed by atoms with E-state index in [-0.39, 0.29) is 17.2 Å². The largest absolute Gasteiger partial charge is 0.254 e. The van der Waals surface area contributed by atoms with Crippen LogP contribution in [0.25, 0.3) is 11.4 Å². The highest BCUT2D eigenvalue weighted by atomic mass is 32.2. The number of nitrogens with zero attached hydrogens (tertiary/aromatic N) is 2. The maximum atomic E-state index is 12.3. The highest BCUT2D eigenvalue weighted by Gasteiger charge is 2.16. The van der Waals surface area contributed by atoms with E-state index in [0.29, 0.717) is 10.7 Å². The van der Waals surface area contributed by atoms with Crippen molar-refractivity contribution in [2.24, 2.45) is 0 Å². The Morgan fingerprint density at radius 1 is 0.885 bits per heavy atom. The summed E-state index contributed by atoms with van der Waals surface area (Å²) in [6.45, 7) is 0.0598. The van der Waals surface area contributed by atoms with E-state index in [1.165, 1.54) is 12.4 Å². The van der Waals surface area contributed by atoms with Gasteiger partial charge in [0.25, 0.3) is 0 Å². The molecule has 0 fully saturated rings. The summed E-state index contributed by atoms with van der Waals surface area (Å²) in [5.74, 6) is 0.640. The number of aromatic nitrogens is 2. The second-order valence-corrected chi connectivity index (χ2v) is 8.71. The number of hydrogen-bond acceptors (Lipinski definition) is 5. The molecule has 3 aromatic rings. The average molecular weight is 387 g/mol. The van der Waals surface area contributed by atoms with Crippen molar-refractivity contribution < 1.29 is 12.6 Å². The minimum Gasteiger partial charge on any atom is -0.254 e. The van der Waals surface area contributed by atoms with E-state index >= 15 is 0 Å². The second kappa shape index (κ2) is 8.31. The zero-order valence-electron chi connectivity index (χ0n) is 13.8. The number of sulfonamides is 1. The molecule has 0 saturated heterocycles. The predicted molar refractivity (Wildman–Crippen MR) is 100 cm³/mol. The number of hydrogen-bond donors (Lipinski definition) is 1. The SMILES string of the molecule is O=S(CCNS(=O)(=O)c1cnc(-c2ccccc2)nc1)c1ccccc1. The zero-order valence-corrected chi connectivity index (χ0v) is 15.4. The van der Waals surface area contributed by atoms with E-state index in [9.17, 15) is 12.6 Å². The maximum absolute atomic E-state index is 12.3. The van der Waals surface area contributed by atoms with Gasteiger partial charge in [-0.25, -0.2) is 23.1 Å². The van der Waals surface area contributed by atoms with Crippen LogP contribution in [-0.2, 0) is 20.8 Å². The third-order valence-corrected chi connectivity index (χ3v) is 6.34. The van der Waals surface area contributed by atoms with Crippen LogP contribution in [0.5, 0.6) is 0 Å². The Labute approximate surface area is 154 Å². The van der Waals surface area contributed by atoms with Crippen molar-refractivity contribution in [1.82, 2.24) is 14.7 Å².